The molecule has 1 saturated heterocycles. The van der Waals surface area contributed by atoms with E-state index >= 15 is 4.39 Å². The van der Waals surface area contributed by atoms with E-state index in [0.717, 1.165) is 19.5 Å². The van der Waals surface area contributed by atoms with Gasteiger partial charge in [0.1, 0.15) is 16.2 Å². The second-order valence-electron chi connectivity index (χ2n) is 10.1. The quantitative estimate of drug-likeness (QED) is 0.484. The summed E-state index contributed by atoms with van der Waals surface area (Å²) in [5.74, 6) is -0.176. The summed E-state index contributed by atoms with van der Waals surface area (Å²) >= 11 is 1.21. The first kappa shape index (κ1) is 19.7. The lowest BCUT2D eigenvalue weighted by Crippen LogP contribution is -2.37. The molecule has 0 radical (unpaired) electrons. The minimum Gasteiger partial charge on any atom is -0.477 e. The molecule has 7 rings (SSSR count). The number of hydrogen-bond acceptors (Lipinski definition) is 6. The number of rotatable bonds is 3. The molecular formula is C24H23FN4O3S. The number of hydrogen-bond donors (Lipinski definition) is 2. The van der Waals surface area contributed by atoms with Gasteiger partial charge in [0.2, 0.25) is 5.43 Å². The monoisotopic (exact) mass is 466 g/mol. The third-order valence-electron chi connectivity index (χ3n) is 8.94. The Morgan fingerprint density at radius 3 is 2.97 bits per heavy atom. The van der Waals surface area contributed by atoms with Gasteiger partial charge in [0, 0.05) is 25.5 Å². The molecule has 9 heteroatoms. The molecule has 0 spiro atoms. The number of halogens is 1. The van der Waals surface area contributed by atoms with E-state index in [1.54, 1.807) is 11.4 Å². The van der Waals surface area contributed by atoms with Crippen LogP contribution in [0.4, 0.5) is 10.1 Å². The van der Waals surface area contributed by atoms with Crippen LogP contribution in [0, 0.1) is 29.0 Å². The van der Waals surface area contributed by atoms with Crippen molar-refractivity contribution in [2.75, 3.05) is 31.6 Å². The van der Waals surface area contributed by atoms with Gasteiger partial charge in [-0.2, -0.15) is 0 Å². The maximum absolute atomic E-state index is 15.8. The van der Waals surface area contributed by atoms with Crippen molar-refractivity contribution < 1.29 is 14.3 Å². The molecule has 3 aliphatic rings. The fraction of sp³-hybridized carbons (Fsp3) is 0.458. The Kier molecular flexibility index (Phi) is 3.70. The molecule has 170 valence electrons. The topological polar surface area (TPSA) is 100 Å². The first-order valence-corrected chi connectivity index (χ1v) is 12.3. The van der Waals surface area contributed by atoms with Gasteiger partial charge in [0.15, 0.2) is 0 Å². The zero-order valence-corrected chi connectivity index (χ0v) is 18.9. The van der Waals surface area contributed by atoms with Crippen molar-refractivity contribution in [1.29, 1.82) is 0 Å². The van der Waals surface area contributed by atoms with Crippen LogP contribution in [0.25, 0.3) is 26.6 Å². The molecule has 4 heterocycles. The molecule has 2 aliphatic carbocycles. The molecule has 33 heavy (non-hydrogen) atoms. The highest BCUT2D eigenvalue weighted by atomic mass is 32.1. The van der Waals surface area contributed by atoms with E-state index in [-0.39, 0.29) is 16.4 Å². The van der Waals surface area contributed by atoms with Gasteiger partial charge in [-0.3, -0.25) is 14.2 Å². The van der Waals surface area contributed by atoms with Gasteiger partial charge < -0.3 is 15.7 Å². The first-order chi connectivity index (χ1) is 15.9. The maximum Gasteiger partial charge on any atom is 0.342 e. The van der Waals surface area contributed by atoms with Crippen molar-refractivity contribution in [1.82, 2.24) is 4.40 Å². The third-order valence-corrected chi connectivity index (χ3v) is 9.89. The second kappa shape index (κ2) is 6.21. The van der Waals surface area contributed by atoms with Crippen molar-refractivity contribution in [2.24, 2.45) is 33.9 Å². The average molecular weight is 467 g/mol. The van der Waals surface area contributed by atoms with E-state index < -0.39 is 17.2 Å². The summed E-state index contributed by atoms with van der Waals surface area (Å²) in [5, 5.41) is 12.8. The van der Waals surface area contributed by atoms with Crippen LogP contribution in [-0.2, 0) is 0 Å². The van der Waals surface area contributed by atoms with Gasteiger partial charge in [0.25, 0.3) is 0 Å². The van der Waals surface area contributed by atoms with Crippen LogP contribution in [0.2, 0.25) is 0 Å². The lowest BCUT2D eigenvalue weighted by Gasteiger charge is -2.34. The number of aromatic carboxylic acids is 1. The van der Waals surface area contributed by atoms with E-state index in [2.05, 4.69) is 9.89 Å². The minimum atomic E-state index is -1.30. The molecule has 3 fully saturated rings. The van der Waals surface area contributed by atoms with E-state index in [0.29, 0.717) is 56.6 Å². The Morgan fingerprint density at radius 1 is 1.42 bits per heavy atom. The number of carbonyl (C=O) groups is 1. The van der Waals surface area contributed by atoms with Crippen LogP contribution in [0.15, 0.2) is 21.2 Å². The second-order valence-corrected chi connectivity index (χ2v) is 10.9. The van der Waals surface area contributed by atoms with Crippen LogP contribution >= 0.6 is 11.3 Å². The number of fused-ring (bicyclic) bond motifs is 5. The van der Waals surface area contributed by atoms with Gasteiger partial charge in [0.05, 0.1) is 32.9 Å². The van der Waals surface area contributed by atoms with Crippen molar-refractivity contribution in [3.63, 3.8) is 0 Å². The molecule has 3 N–H and O–H groups in total. The predicted octanol–water partition coefficient (Wildman–Crippen LogP) is 2.72. The maximum atomic E-state index is 15.8. The number of pyridine rings is 1. The number of benzene rings is 1. The fourth-order valence-electron chi connectivity index (χ4n) is 7.60. The van der Waals surface area contributed by atoms with Gasteiger partial charge in [-0.15, -0.1) is 11.3 Å². The summed E-state index contributed by atoms with van der Waals surface area (Å²) in [6.07, 6.45) is 3.54. The summed E-state index contributed by atoms with van der Waals surface area (Å²) in [6.45, 7) is 2.21. The molecule has 2 bridgehead atoms. The van der Waals surface area contributed by atoms with Crippen LogP contribution in [0.1, 0.15) is 29.6 Å². The standard InChI is InChI=1S/C24H23FN4O3S/c1-27-18-15-8-33-22-17(23(31)32)21(30)11-4-14(25)20(16(18)19(11)29(15)22)28-6-12-10-2-3-24(5-10,9-26)13(12)7-28/h4,8,10,12-13H,2-3,5-7,9,26H2,1H3,(H,31,32). The Bertz CT molecular complexity index is 1610. The smallest absolute Gasteiger partial charge is 0.342 e. The molecule has 2 saturated carbocycles. The van der Waals surface area contributed by atoms with E-state index in [9.17, 15) is 14.7 Å². The van der Waals surface area contributed by atoms with E-state index in [1.165, 1.54) is 30.2 Å². The summed E-state index contributed by atoms with van der Waals surface area (Å²) in [6, 6.07) is 1.23. The SMILES string of the molecule is CN=c1c2c(N3CC4C5CCC(CN)(C5)C4C3)c(F)cc3c(=O)c(C(=O)O)c4scc1n4c32. The fourth-order valence-corrected chi connectivity index (χ4v) is 8.63. The number of nitrogens with zero attached hydrogens (tertiary/aromatic N) is 3. The van der Waals surface area contributed by atoms with Crippen molar-refractivity contribution in [3.8, 4) is 0 Å². The van der Waals surface area contributed by atoms with Gasteiger partial charge in [-0.1, -0.05) is 0 Å². The molecule has 4 atom stereocenters. The molecule has 1 aromatic carbocycles. The minimum absolute atomic E-state index is 0.0948. The van der Waals surface area contributed by atoms with Crippen LogP contribution in [0.5, 0.6) is 0 Å². The highest BCUT2D eigenvalue weighted by Crippen LogP contribution is 2.62. The van der Waals surface area contributed by atoms with Crippen molar-refractivity contribution in [3.05, 3.63) is 38.4 Å². The van der Waals surface area contributed by atoms with Gasteiger partial charge in [-0.25, -0.2) is 9.18 Å². The van der Waals surface area contributed by atoms with Gasteiger partial charge in [-0.05, 0) is 55.0 Å². The lowest BCUT2D eigenvalue weighted by atomic mass is 9.72. The first-order valence-electron chi connectivity index (χ1n) is 11.4. The third kappa shape index (κ3) is 2.16. The number of carboxylic acids is 1. The molecule has 7 nitrogen and oxygen atoms in total. The number of thiazole rings is 1. The van der Waals surface area contributed by atoms with Crippen molar-refractivity contribution >= 4 is 49.6 Å². The number of carboxylic acid groups (broad SMARTS) is 1. The Hall–Kier alpha value is -2.78. The van der Waals surface area contributed by atoms with E-state index in [4.69, 9.17) is 5.73 Å². The molecule has 4 unspecified atom stereocenters. The largest absolute Gasteiger partial charge is 0.477 e. The molecule has 1 aliphatic heterocycles. The van der Waals surface area contributed by atoms with Crippen LogP contribution in [0.3, 0.4) is 0 Å². The summed E-state index contributed by atoms with van der Waals surface area (Å²) in [7, 11) is 1.66. The highest BCUT2D eigenvalue weighted by Gasteiger charge is 2.60. The molecule has 4 aromatic rings. The normalized spacial score (nSPS) is 29.5. The Labute approximate surface area is 191 Å². The zero-order chi connectivity index (χ0) is 22.8. The van der Waals surface area contributed by atoms with Crippen LogP contribution < -0.4 is 21.4 Å². The van der Waals surface area contributed by atoms with Gasteiger partial charge >= 0.3 is 5.97 Å². The zero-order valence-electron chi connectivity index (χ0n) is 18.1. The lowest BCUT2D eigenvalue weighted by molar-refractivity contribution is 0.0697. The Morgan fingerprint density at radius 2 is 2.24 bits per heavy atom. The summed E-state index contributed by atoms with van der Waals surface area (Å²) in [5.41, 5.74) is 7.23. The molecular weight excluding hydrogens is 443 g/mol. The number of anilines is 1. The van der Waals surface area contributed by atoms with Crippen molar-refractivity contribution in [2.45, 2.75) is 19.3 Å². The molecule has 0 amide bonds. The number of aromatic nitrogens is 1. The summed E-state index contributed by atoms with van der Waals surface area (Å²) in [4.78, 5) is 32.1. The number of nitrogens with two attached hydrogens (primary N) is 1. The Balaban J connectivity index is 1.53. The predicted molar refractivity (Wildman–Crippen MR) is 125 cm³/mol. The van der Waals surface area contributed by atoms with Crippen LogP contribution in [-0.4, -0.2) is 42.2 Å². The van der Waals surface area contributed by atoms with E-state index in [1.807, 2.05) is 5.38 Å². The highest BCUT2D eigenvalue weighted by molar-refractivity contribution is 7.16. The molecule has 3 aromatic heterocycles. The average Bonchev–Trinajstić information content (AvgIpc) is 3.57. The summed E-state index contributed by atoms with van der Waals surface area (Å²) < 4.78 is 17.6.